The normalized spacial score (nSPS) is 14.4. The summed E-state index contributed by atoms with van der Waals surface area (Å²) in [4.78, 5) is 11.4. The quantitative estimate of drug-likeness (QED) is 0.322. The van der Waals surface area contributed by atoms with Gasteiger partial charge in [0.05, 0.1) is 7.11 Å². The third-order valence-electron chi connectivity index (χ3n) is 1.60. The van der Waals surface area contributed by atoms with Gasteiger partial charge in [-0.1, -0.05) is 4.86 Å². The van der Waals surface area contributed by atoms with Crippen LogP contribution >= 0.6 is 0 Å². The maximum atomic E-state index is 11.3. The molecular formula is C10H20N2O4. The van der Waals surface area contributed by atoms with Crippen LogP contribution < -0.4 is 0 Å². The molecule has 0 saturated heterocycles. The maximum Gasteiger partial charge on any atom is 0.508 e. The molecule has 1 unspecified atom stereocenters. The second-order valence-corrected chi connectivity index (χ2v) is 4.52. The van der Waals surface area contributed by atoms with Crippen molar-refractivity contribution in [3.63, 3.8) is 0 Å². The Balaban J connectivity index is 3.97. The molecule has 0 amide bonds. The molecule has 0 aliphatic rings. The molecule has 0 aromatic rings. The second-order valence-electron chi connectivity index (χ2n) is 4.52. The van der Waals surface area contributed by atoms with E-state index in [4.69, 9.17) is 4.74 Å². The van der Waals surface area contributed by atoms with Crippen molar-refractivity contribution in [1.29, 1.82) is 0 Å². The highest BCUT2D eigenvalue weighted by molar-refractivity contribution is 5.59. The Morgan fingerprint density at radius 2 is 2.06 bits per heavy atom. The summed E-state index contributed by atoms with van der Waals surface area (Å²) in [6.45, 7) is 7.40. The predicted octanol–water partition coefficient (Wildman–Crippen LogP) is 2.31. The molecule has 0 saturated carbocycles. The third-order valence-corrected chi connectivity index (χ3v) is 1.60. The standard InChI is InChI=1S/C10H20N2O4/c1-8(16-9(13)15-5)6-7-12(14)11-10(2,3)4/h8H,6-7H2,1-5H3/b12-11-. The van der Waals surface area contributed by atoms with Crippen molar-refractivity contribution in [3.05, 3.63) is 5.21 Å². The van der Waals surface area contributed by atoms with Crippen LogP contribution in [0.15, 0.2) is 5.11 Å². The van der Waals surface area contributed by atoms with Gasteiger partial charge in [-0.2, -0.15) is 0 Å². The number of carbonyl (C=O) groups excluding carboxylic acids is 1. The van der Waals surface area contributed by atoms with Gasteiger partial charge >= 0.3 is 6.16 Å². The Hall–Kier alpha value is -1.33. The van der Waals surface area contributed by atoms with Crippen LogP contribution in [0, 0.1) is 5.21 Å². The van der Waals surface area contributed by atoms with Crippen LogP contribution in [-0.4, -0.2) is 36.3 Å². The lowest BCUT2D eigenvalue weighted by Gasteiger charge is -2.13. The van der Waals surface area contributed by atoms with Gasteiger partial charge in [-0.25, -0.2) is 4.79 Å². The van der Waals surface area contributed by atoms with Crippen molar-refractivity contribution in [3.8, 4) is 0 Å². The Bertz CT molecular complexity index is 258. The van der Waals surface area contributed by atoms with Gasteiger partial charge in [-0.05, 0) is 32.8 Å². The Labute approximate surface area is 95.8 Å². The average molecular weight is 232 g/mol. The fraction of sp³-hybridized carbons (Fsp3) is 0.900. The van der Waals surface area contributed by atoms with Crippen molar-refractivity contribution in [2.24, 2.45) is 5.11 Å². The summed E-state index contributed by atoms with van der Waals surface area (Å²) in [5.74, 6) is 0. The maximum absolute atomic E-state index is 11.3. The number of hydrogen-bond donors (Lipinski definition) is 0. The highest BCUT2D eigenvalue weighted by atomic mass is 16.7. The van der Waals surface area contributed by atoms with Crippen molar-refractivity contribution >= 4 is 6.16 Å². The number of nitrogens with zero attached hydrogens (tertiary/aromatic N) is 2. The van der Waals surface area contributed by atoms with Gasteiger partial charge in [0.1, 0.15) is 11.6 Å². The number of hydrogen-bond acceptors (Lipinski definition) is 5. The van der Waals surface area contributed by atoms with E-state index in [1.54, 1.807) is 6.92 Å². The van der Waals surface area contributed by atoms with Gasteiger partial charge < -0.3 is 14.7 Å². The summed E-state index contributed by atoms with van der Waals surface area (Å²) in [7, 11) is 1.24. The topological polar surface area (TPSA) is 74.0 Å². The first-order valence-corrected chi connectivity index (χ1v) is 5.16. The fourth-order valence-corrected chi connectivity index (χ4v) is 0.948. The summed E-state index contributed by atoms with van der Waals surface area (Å²) in [5, 5.41) is 15.2. The zero-order chi connectivity index (χ0) is 12.8. The lowest BCUT2D eigenvalue weighted by molar-refractivity contribution is -0.537. The monoisotopic (exact) mass is 232 g/mol. The van der Waals surface area contributed by atoms with Crippen LogP contribution in [0.5, 0.6) is 0 Å². The number of methoxy groups -OCH3 is 1. The first-order chi connectivity index (χ1) is 7.24. The molecule has 0 fully saturated rings. The van der Waals surface area contributed by atoms with Crippen molar-refractivity contribution in [2.45, 2.75) is 45.8 Å². The van der Waals surface area contributed by atoms with Crippen LogP contribution in [0.25, 0.3) is 0 Å². The molecule has 0 N–H and O–H groups in total. The molecule has 6 nitrogen and oxygen atoms in total. The van der Waals surface area contributed by atoms with Crippen LogP contribution in [-0.2, 0) is 9.47 Å². The molecule has 1 atom stereocenters. The molecule has 0 bridgehead atoms. The van der Waals surface area contributed by atoms with Crippen LogP contribution in [0.4, 0.5) is 4.79 Å². The largest absolute Gasteiger partial charge is 0.600 e. The predicted molar refractivity (Wildman–Crippen MR) is 58.2 cm³/mol. The van der Waals surface area contributed by atoms with E-state index in [0.717, 1.165) is 0 Å². The molecule has 0 rings (SSSR count). The van der Waals surface area contributed by atoms with Crippen LogP contribution in [0.2, 0.25) is 0 Å². The minimum Gasteiger partial charge on any atom is -0.600 e. The van der Waals surface area contributed by atoms with E-state index in [2.05, 4.69) is 9.85 Å². The molecule has 6 heteroatoms. The zero-order valence-electron chi connectivity index (χ0n) is 10.5. The minimum absolute atomic E-state index is 0.190. The number of hydroxylamine groups is 1. The van der Waals surface area contributed by atoms with E-state index in [9.17, 15) is 10.0 Å². The molecule has 94 valence electrons. The Morgan fingerprint density at radius 3 is 2.50 bits per heavy atom. The van der Waals surface area contributed by atoms with Crippen LogP contribution in [0.3, 0.4) is 0 Å². The molecule has 0 radical (unpaired) electrons. The third kappa shape index (κ3) is 8.02. The highest BCUT2D eigenvalue weighted by Gasteiger charge is 2.15. The Kier molecular flexibility index (Phi) is 5.77. The van der Waals surface area contributed by atoms with Gasteiger partial charge in [-0.3, -0.25) is 0 Å². The molecule has 16 heavy (non-hydrogen) atoms. The molecule has 0 aliphatic heterocycles. The molecule has 0 heterocycles. The lowest BCUT2D eigenvalue weighted by Crippen LogP contribution is -2.21. The van der Waals surface area contributed by atoms with Gasteiger partial charge in [0.25, 0.3) is 0 Å². The van der Waals surface area contributed by atoms with E-state index in [1.165, 1.54) is 7.11 Å². The summed E-state index contributed by atoms with van der Waals surface area (Å²) in [5.41, 5.74) is -0.395. The SMILES string of the molecule is COC(=O)OC(C)CC/[N+]([O-])=N/C(C)(C)C. The van der Waals surface area contributed by atoms with E-state index >= 15 is 0 Å². The molecule has 0 spiro atoms. The molecule has 0 aliphatic carbocycles. The summed E-state index contributed by atoms with van der Waals surface area (Å²) < 4.78 is 9.14. The summed E-state index contributed by atoms with van der Waals surface area (Å²) >= 11 is 0. The van der Waals surface area contributed by atoms with Gasteiger partial charge in [0.15, 0.2) is 6.54 Å². The number of rotatable bonds is 4. The highest BCUT2D eigenvalue weighted by Crippen LogP contribution is 2.07. The molecule has 0 aromatic carbocycles. The van der Waals surface area contributed by atoms with Crippen LogP contribution in [0.1, 0.15) is 34.1 Å². The number of carbonyl (C=O) groups is 1. The lowest BCUT2D eigenvalue weighted by atomic mass is 10.1. The first kappa shape index (κ1) is 14.7. The minimum atomic E-state index is -0.738. The van der Waals surface area contributed by atoms with Crippen molar-refractivity contribution < 1.29 is 19.1 Å². The Morgan fingerprint density at radius 1 is 1.50 bits per heavy atom. The first-order valence-electron chi connectivity index (χ1n) is 5.16. The van der Waals surface area contributed by atoms with E-state index in [1.807, 2.05) is 20.8 Å². The van der Waals surface area contributed by atoms with Gasteiger partial charge in [-0.15, -0.1) is 0 Å². The fourth-order valence-electron chi connectivity index (χ4n) is 0.948. The average Bonchev–Trinajstić information content (AvgIpc) is 2.12. The van der Waals surface area contributed by atoms with Crippen molar-refractivity contribution in [1.82, 2.24) is 0 Å². The number of azo groups is 1. The molecule has 0 aromatic heterocycles. The zero-order valence-corrected chi connectivity index (χ0v) is 10.5. The van der Waals surface area contributed by atoms with Gasteiger partial charge in [0.2, 0.25) is 0 Å². The molecular weight excluding hydrogens is 212 g/mol. The van der Waals surface area contributed by atoms with E-state index in [-0.39, 0.29) is 12.6 Å². The van der Waals surface area contributed by atoms with E-state index in [0.29, 0.717) is 11.3 Å². The second kappa shape index (κ2) is 6.30. The smallest absolute Gasteiger partial charge is 0.508 e. The van der Waals surface area contributed by atoms with E-state index < -0.39 is 11.7 Å². The number of ether oxygens (including phenoxy) is 2. The summed E-state index contributed by atoms with van der Waals surface area (Å²) in [6, 6.07) is 0. The summed E-state index contributed by atoms with van der Waals surface area (Å²) in [6.07, 6.45) is -0.685. The van der Waals surface area contributed by atoms with Gasteiger partial charge in [0, 0.05) is 6.42 Å². The van der Waals surface area contributed by atoms with Crippen molar-refractivity contribution in [2.75, 3.05) is 13.7 Å².